The summed E-state index contributed by atoms with van der Waals surface area (Å²) in [4.78, 5) is 29.0. The van der Waals surface area contributed by atoms with Crippen LogP contribution in [0.2, 0.25) is 5.02 Å². The fraction of sp³-hybridized carbons (Fsp3) is 0.382. The van der Waals surface area contributed by atoms with Crippen LogP contribution in [-0.4, -0.2) is 58.4 Å². The van der Waals surface area contributed by atoms with Gasteiger partial charge in [-0.2, -0.15) is 0 Å². The zero-order valence-electron chi connectivity index (χ0n) is 25.3. The Labute approximate surface area is 253 Å². The Bertz CT molecular complexity index is 1560. The molecular weight excluding hydrogens is 549 g/mol. The quantitative estimate of drug-likeness (QED) is 0.299. The minimum atomic E-state index is -0.347. The van der Waals surface area contributed by atoms with E-state index in [9.17, 15) is 4.79 Å². The van der Waals surface area contributed by atoms with Crippen molar-refractivity contribution in [3.8, 4) is 11.3 Å². The monoisotopic (exact) mass is 587 g/mol. The van der Waals surface area contributed by atoms with Crippen LogP contribution >= 0.6 is 11.6 Å². The normalized spacial score (nSPS) is 19.0. The molecule has 8 heteroatoms. The highest BCUT2D eigenvalue weighted by Crippen LogP contribution is 2.42. The lowest BCUT2D eigenvalue weighted by Gasteiger charge is -2.46. The van der Waals surface area contributed by atoms with E-state index in [2.05, 4.69) is 56.2 Å². The molecule has 3 heterocycles. The SMILES string of the molecule is C=CC(=O)N1C[C@H](C)N(C2=NCN(c3ccccc3C(C)(C)C)c3nc(-c4c(F)cccc4CC)c(Cl)cc32)C[C@H]1C. The molecule has 0 bridgehead atoms. The van der Waals surface area contributed by atoms with E-state index in [0.29, 0.717) is 48.3 Å². The lowest BCUT2D eigenvalue weighted by molar-refractivity contribution is -0.130. The van der Waals surface area contributed by atoms with Crippen LogP contribution < -0.4 is 4.90 Å². The summed E-state index contributed by atoms with van der Waals surface area (Å²) in [6.07, 6.45) is 2.02. The summed E-state index contributed by atoms with van der Waals surface area (Å²) in [6.45, 7) is 17.9. The van der Waals surface area contributed by atoms with Crippen molar-refractivity contribution < 1.29 is 9.18 Å². The van der Waals surface area contributed by atoms with Crippen LogP contribution in [-0.2, 0) is 16.6 Å². The number of nitrogens with zero attached hydrogens (tertiary/aromatic N) is 5. The summed E-state index contributed by atoms with van der Waals surface area (Å²) in [5.41, 5.74) is 4.52. The van der Waals surface area contributed by atoms with Crippen molar-refractivity contribution in [3.05, 3.63) is 88.7 Å². The number of piperazine rings is 1. The van der Waals surface area contributed by atoms with Gasteiger partial charge < -0.3 is 14.7 Å². The van der Waals surface area contributed by atoms with Gasteiger partial charge in [-0.05, 0) is 61.1 Å². The van der Waals surface area contributed by atoms with Gasteiger partial charge in [-0.3, -0.25) is 4.79 Å². The van der Waals surface area contributed by atoms with E-state index in [0.717, 1.165) is 28.2 Å². The van der Waals surface area contributed by atoms with Crippen LogP contribution in [0.25, 0.3) is 11.3 Å². The molecule has 0 aliphatic carbocycles. The molecule has 2 aromatic carbocycles. The summed E-state index contributed by atoms with van der Waals surface area (Å²) in [5.74, 6) is 1.05. The average molecular weight is 588 g/mol. The number of rotatable bonds is 4. The van der Waals surface area contributed by atoms with Crippen LogP contribution in [0.1, 0.15) is 58.2 Å². The highest BCUT2D eigenvalue weighted by molar-refractivity contribution is 6.33. The summed E-state index contributed by atoms with van der Waals surface area (Å²) in [5, 5.41) is 0.369. The molecule has 1 aromatic heterocycles. The fourth-order valence-corrected chi connectivity index (χ4v) is 6.31. The molecule has 0 unspecified atom stereocenters. The van der Waals surface area contributed by atoms with E-state index in [1.165, 1.54) is 12.1 Å². The second-order valence-electron chi connectivity index (χ2n) is 12.2. The number of hydrogen-bond donors (Lipinski definition) is 0. The van der Waals surface area contributed by atoms with Gasteiger partial charge in [-0.1, -0.05) is 76.2 Å². The smallest absolute Gasteiger partial charge is 0.246 e. The molecule has 2 aliphatic heterocycles. The number of fused-ring (bicyclic) bond motifs is 1. The van der Waals surface area contributed by atoms with Gasteiger partial charge in [0.25, 0.3) is 0 Å². The van der Waals surface area contributed by atoms with Gasteiger partial charge in [0.2, 0.25) is 5.91 Å². The van der Waals surface area contributed by atoms with Crippen LogP contribution in [0.5, 0.6) is 0 Å². The zero-order chi connectivity index (χ0) is 30.3. The first-order valence-electron chi connectivity index (χ1n) is 14.6. The van der Waals surface area contributed by atoms with E-state index in [1.807, 2.05) is 43.0 Å². The van der Waals surface area contributed by atoms with E-state index in [1.54, 1.807) is 6.07 Å². The molecule has 5 rings (SSSR count). The van der Waals surface area contributed by atoms with Gasteiger partial charge in [0, 0.05) is 36.4 Å². The van der Waals surface area contributed by atoms with Crippen LogP contribution in [0, 0.1) is 5.82 Å². The number of hydrogen-bond acceptors (Lipinski definition) is 5. The largest absolute Gasteiger partial charge is 0.350 e. The number of carbonyl (C=O) groups is 1. The Kier molecular flexibility index (Phi) is 8.17. The molecule has 42 heavy (non-hydrogen) atoms. The number of aryl methyl sites for hydroxylation is 1. The average Bonchev–Trinajstić information content (AvgIpc) is 2.96. The number of aliphatic imine (C=N–C) groups is 1. The fourth-order valence-electron chi connectivity index (χ4n) is 6.07. The summed E-state index contributed by atoms with van der Waals surface area (Å²) < 4.78 is 15.4. The highest BCUT2D eigenvalue weighted by Gasteiger charge is 2.37. The number of para-hydroxylation sites is 1. The van der Waals surface area contributed by atoms with Gasteiger partial charge in [0.05, 0.1) is 16.3 Å². The van der Waals surface area contributed by atoms with E-state index < -0.39 is 0 Å². The number of pyridine rings is 1. The number of benzene rings is 2. The first kappa shape index (κ1) is 29.8. The lowest BCUT2D eigenvalue weighted by atomic mass is 9.85. The predicted molar refractivity (Wildman–Crippen MR) is 170 cm³/mol. The maximum absolute atomic E-state index is 15.4. The number of amidine groups is 1. The Morgan fingerprint density at radius 1 is 1.12 bits per heavy atom. The molecule has 220 valence electrons. The van der Waals surface area contributed by atoms with Crippen LogP contribution in [0.4, 0.5) is 15.9 Å². The molecular formula is C34H39ClFN5O. The molecule has 1 amide bonds. The standard InChI is InChI=1S/C34H39ClFN5O/c1-8-23-13-12-15-27(36)30(23)31-26(35)17-24-32(40-19-21(3)39(18-22(40)4)29(42)9-2)37-20-41(33(24)38-31)28-16-11-10-14-25(28)34(5,6)7/h9-17,21-22H,2,8,18-20H2,1,3-7H3/t21-,22+/m1/s1. The summed E-state index contributed by atoms with van der Waals surface area (Å²) in [6, 6.07) is 15.2. The van der Waals surface area contributed by atoms with Gasteiger partial charge in [0.1, 0.15) is 24.1 Å². The number of carbonyl (C=O) groups excluding carboxylic acids is 1. The Morgan fingerprint density at radius 3 is 2.55 bits per heavy atom. The van der Waals surface area contributed by atoms with Crippen molar-refractivity contribution in [2.24, 2.45) is 4.99 Å². The van der Waals surface area contributed by atoms with Gasteiger partial charge >= 0.3 is 0 Å². The molecule has 1 fully saturated rings. The van der Waals surface area contributed by atoms with Crippen molar-refractivity contribution in [2.45, 2.75) is 65.5 Å². The lowest BCUT2D eigenvalue weighted by Crippen LogP contribution is -2.59. The topological polar surface area (TPSA) is 52.0 Å². The number of aromatic nitrogens is 1. The molecule has 2 atom stereocenters. The number of anilines is 2. The van der Waals surface area contributed by atoms with Crippen LogP contribution in [0.15, 0.2) is 66.2 Å². The van der Waals surface area contributed by atoms with Crippen molar-refractivity contribution in [1.82, 2.24) is 14.8 Å². The molecule has 0 radical (unpaired) electrons. The van der Waals surface area contributed by atoms with Crippen molar-refractivity contribution in [1.29, 1.82) is 0 Å². The van der Waals surface area contributed by atoms with E-state index >= 15 is 4.39 Å². The van der Waals surface area contributed by atoms with Crippen LogP contribution in [0.3, 0.4) is 0 Å². The molecule has 0 spiro atoms. The maximum Gasteiger partial charge on any atom is 0.246 e. The molecule has 3 aromatic rings. The maximum atomic E-state index is 15.4. The van der Waals surface area contributed by atoms with Gasteiger partial charge in [-0.15, -0.1) is 0 Å². The third-order valence-corrected chi connectivity index (χ3v) is 8.54. The van der Waals surface area contributed by atoms with Crippen molar-refractivity contribution in [3.63, 3.8) is 0 Å². The number of amides is 1. The molecule has 6 nitrogen and oxygen atoms in total. The summed E-state index contributed by atoms with van der Waals surface area (Å²) in [7, 11) is 0. The zero-order valence-corrected chi connectivity index (χ0v) is 26.0. The van der Waals surface area contributed by atoms with E-state index in [-0.39, 0.29) is 29.2 Å². The molecule has 0 N–H and O–H groups in total. The first-order chi connectivity index (χ1) is 20.0. The number of halogens is 2. The second kappa shape index (κ2) is 11.5. The minimum Gasteiger partial charge on any atom is -0.350 e. The minimum absolute atomic E-state index is 0.00169. The Morgan fingerprint density at radius 2 is 1.86 bits per heavy atom. The Hall–Kier alpha value is -3.71. The molecule has 1 saturated heterocycles. The van der Waals surface area contributed by atoms with E-state index in [4.69, 9.17) is 21.6 Å². The summed E-state index contributed by atoms with van der Waals surface area (Å²) >= 11 is 6.96. The van der Waals surface area contributed by atoms with Gasteiger partial charge in [-0.25, -0.2) is 14.4 Å². The Balaban J connectivity index is 1.69. The third-order valence-electron chi connectivity index (χ3n) is 8.25. The predicted octanol–water partition coefficient (Wildman–Crippen LogP) is 7.36. The second-order valence-corrected chi connectivity index (χ2v) is 12.6. The third kappa shape index (κ3) is 5.31. The first-order valence-corrected chi connectivity index (χ1v) is 14.9. The molecule has 0 saturated carbocycles. The van der Waals surface area contributed by atoms with Crippen molar-refractivity contribution in [2.75, 3.05) is 24.7 Å². The van der Waals surface area contributed by atoms with Gasteiger partial charge in [0.15, 0.2) is 0 Å². The molecule has 2 aliphatic rings. The highest BCUT2D eigenvalue weighted by atomic mass is 35.5. The van der Waals surface area contributed by atoms with Crippen molar-refractivity contribution >= 4 is 34.8 Å².